The van der Waals surface area contributed by atoms with E-state index < -0.39 is 23.2 Å². The van der Waals surface area contributed by atoms with Crippen LogP contribution in [-0.4, -0.2) is 26.5 Å². The molecule has 0 aliphatic heterocycles. The van der Waals surface area contributed by atoms with E-state index in [0.717, 1.165) is 0 Å². The van der Waals surface area contributed by atoms with Crippen LogP contribution in [0.1, 0.15) is 26.6 Å². The molecule has 0 aromatic carbocycles. The number of aromatic nitrogens is 2. The number of amides is 1. The van der Waals surface area contributed by atoms with E-state index in [0.29, 0.717) is 5.82 Å². The van der Waals surface area contributed by atoms with Gasteiger partial charge >= 0.3 is 5.97 Å². The maximum atomic E-state index is 11.9. The van der Waals surface area contributed by atoms with E-state index in [4.69, 9.17) is 5.11 Å². The van der Waals surface area contributed by atoms with Crippen molar-refractivity contribution in [1.29, 1.82) is 0 Å². The molecular weight excluding hydrogens is 234 g/mol. The fraction of sp³-hybridized carbons (Fsp3) is 0.583. The third-order valence-corrected chi connectivity index (χ3v) is 2.72. The lowest BCUT2D eigenvalue weighted by atomic mass is 9.80. The van der Waals surface area contributed by atoms with E-state index in [-0.39, 0.29) is 6.54 Å². The van der Waals surface area contributed by atoms with Gasteiger partial charge in [0.15, 0.2) is 0 Å². The van der Waals surface area contributed by atoms with Crippen LogP contribution in [0.25, 0.3) is 0 Å². The van der Waals surface area contributed by atoms with Crippen LogP contribution in [0.4, 0.5) is 0 Å². The number of rotatable bonds is 4. The minimum atomic E-state index is -1.11. The maximum Gasteiger partial charge on any atom is 0.316 e. The average molecular weight is 253 g/mol. The Bertz CT molecular complexity index is 446. The van der Waals surface area contributed by atoms with Crippen LogP contribution in [0.5, 0.6) is 0 Å². The molecule has 6 nitrogen and oxygen atoms in total. The summed E-state index contributed by atoms with van der Waals surface area (Å²) < 4.78 is 1.77. The van der Waals surface area contributed by atoms with Gasteiger partial charge in [-0.3, -0.25) is 9.59 Å². The zero-order valence-electron chi connectivity index (χ0n) is 11.1. The number of hydrogen-bond donors (Lipinski definition) is 2. The predicted molar refractivity (Wildman–Crippen MR) is 65.6 cm³/mol. The number of carboxylic acids is 1. The Hall–Kier alpha value is -1.85. The quantitative estimate of drug-likeness (QED) is 0.777. The van der Waals surface area contributed by atoms with Gasteiger partial charge in [-0.2, -0.15) is 0 Å². The normalized spacial score (nSPS) is 13.1. The van der Waals surface area contributed by atoms with Gasteiger partial charge in [0.2, 0.25) is 5.91 Å². The zero-order chi connectivity index (χ0) is 13.9. The summed E-state index contributed by atoms with van der Waals surface area (Å²) >= 11 is 0. The summed E-state index contributed by atoms with van der Waals surface area (Å²) in [7, 11) is 1.81. The molecule has 18 heavy (non-hydrogen) atoms. The van der Waals surface area contributed by atoms with Crippen molar-refractivity contribution in [3.8, 4) is 0 Å². The summed E-state index contributed by atoms with van der Waals surface area (Å²) in [6.45, 7) is 5.41. The van der Waals surface area contributed by atoms with E-state index in [2.05, 4.69) is 10.3 Å². The van der Waals surface area contributed by atoms with Crippen LogP contribution in [0.2, 0.25) is 0 Å². The molecule has 0 aliphatic rings. The standard InChI is InChI=1S/C12H19N3O3/c1-12(2,3)9(11(17)18)10(16)14-7-8-13-5-6-15(8)4/h5-6,9H,7H2,1-4H3,(H,14,16)(H,17,18). The van der Waals surface area contributed by atoms with Gasteiger partial charge < -0.3 is 15.0 Å². The number of imidazole rings is 1. The second-order valence-electron chi connectivity index (χ2n) is 5.31. The number of hydrogen-bond acceptors (Lipinski definition) is 3. The summed E-state index contributed by atoms with van der Waals surface area (Å²) in [5, 5.41) is 11.7. The largest absolute Gasteiger partial charge is 0.481 e. The lowest BCUT2D eigenvalue weighted by Gasteiger charge is -2.25. The highest BCUT2D eigenvalue weighted by atomic mass is 16.4. The molecule has 1 aromatic rings. The molecule has 1 rings (SSSR count). The number of aryl methyl sites for hydroxylation is 1. The van der Waals surface area contributed by atoms with Gasteiger partial charge in [0.1, 0.15) is 11.7 Å². The molecule has 0 saturated heterocycles. The number of nitrogens with one attached hydrogen (secondary N) is 1. The Kier molecular flexibility index (Phi) is 4.11. The molecule has 100 valence electrons. The number of aliphatic carboxylic acids is 1. The van der Waals surface area contributed by atoms with Crippen molar-refractivity contribution in [3.63, 3.8) is 0 Å². The molecule has 1 amide bonds. The van der Waals surface area contributed by atoms with Crippen molar-refractivity contribution in [2.45, 2.75) is 27.3 Å². The first-order valence-corrected chi connectivity index (χ1v) is 5.70. The SMILES string of the molecule is Cn1ccnc1CNC(=O)C(C(=O)O)C(C)(C)C. The summed E-state index contributed by atoms with van der Waals surface area (Å²) in [5.41, 5.74) is -0.627. The molecular formula is C12H19N3O3. The smallest absolute Gasteiger partial charge is 0.316 e. The van der Waals surface area contributed by atoms with E-state index in [9.17, 15) is 9.59 Å². The average Bonchev–Trinajstić information content (AvgIpc) is 2.58. The fourth-order valence-corrected chi connectivity index (χ4v) is 1.71. The van der Waals surface area contributed by atoms with Gasteiger partial charge in [-0.1, -0.05) is 20.8 Å². The number of carboxylic acid groups (broad SMARTS) is 1. The van der Waals surface area contributed by atoms with Gasteiger partial charge in [-0.25, -0.2) is 4.98 Å². The molecule has 0 saturated carbocycles. The summed E-state index contributed by atoms with van der Waals surface area (Å²) in [5.74, 6) is -1.99. The van der Waals surface area contributed by atoms with Crippen molar-refractivity contribution in [1.82, 2.24) is 14.9 Å². The number of nitrogens with zero attached hydrogens (tertiary/aromatic N) is 2. The second kappa shape index (κ2) is 5.20. The third-order valence-electron chi connectivity index (χ3n) is 2.72. The maximum absolute atomic E-state index is 11.9. The van der Waals surface area contributed by atoms with Gasteiger partial charge in [-0.15, -0.1) is 0 Å². The van der Waals surface area contributed by atoms with Crippen molar-refractivity contribution in [3.05, 3.63) is 18.2 Å². The van der Waals surface area contributed by atoms with Crippen LogP contribution in [0.15, 0.2) is 12.4 Å². The monoisotopic (exact) mass is 253 g/mol. The van der Waals surface area contributed by atoms with E-state index in [1.165, 1.54) is 0 Å². The molecule has 0 spiro atoms. The van der Waals surface area contributed by atoms with Gasteiger partial charge in [0.05, 0.1) is 6.54 Å². The Morgan fingerprint density at radius 1 is 1.50 bits per heavy atom. The van der Waals surface area contributed by atoms with Crippen molar-refractivity contribution in [2.75, 3.05) is 0 Å². The van der Waals surface area contributed by atoms with Crippen molar-refractivity contribution < 1.29 is 14.7 Å². The first kappa shape index (κ1) is 14.2. The highest BCUT2D eigenvalue weighted by molar-refractivity contribution is 5.97. The molecule has 0 fully saturated rings. The highest BCUT2D eigenvalue weighted by Gasteiger charge is 2.37. The van der Waals surface area contributed by atoms with Crippen LogP contribution >= 0.6 is 0 Å². The lowest BCUT2D eigenvalue weighted by Crippen LogP contribution is -2.42. The summed E-state index contributed by atoms with van der Waals surface area (Å²) in [6.07, 6.45) is 3.39. The fourth-order valence-electron chi connectivity index (χ4n) is 1.71. The third kappa shape index (κ3) is 3.32. The lowest BCUT2D eigenvalue weighted by molar-refractivity contribution is -0.151. The zero-order valence-corrected chi connectivity index (χ0v) is 11.1. The van der Waals surface area contributed by atoms with Crippen LogP contribution in [0, 0.1) is 11.3 Å². The molecule has 0 bridgehead atoms. The van der Waals surface area contributed by atoms with E-state index in [1.807, 2.05) is 7.05 Å². The van der Waals surface area contributed by atoms with Crippen LogP contribution in [0.3, 0.4) is 0 Å². The molecule has 6 heteroatoms. The Labute approximate surface area is 106 Å². The first-order chi connectivity index (χ1) is 8.23. The molecule has 2 N–H and O–H groups in total. The molecule has 1 unspecified atom stereocenters. The van der Waals surface area contributed by atoms with Crippen LogP contribution < -0.4 is 5.32 Å². The highest BCUT2D eigenvalue weighted by Crippen LogP contribution is 2.26. The van der Waals surface area contributed by atoms with Crippen molar-refractivity contribution in [2.24, 2.45) is 18.4 Å². The Balaban J connectivity index is 2.69. The van der Waals surface area contributed by atoms with E-state index >= 15 is 0 Å². The number of carbonyl (C=O) groups is 2. The molecule has 0 aliphatic carbocycles. The van der Waals surface area contributed by atoms with Gasteiger partial charge in [0, 0.05) is 19.4 Å². The molecule has 1 heterocycles. The predicted octanol–water partition coefficient (Wildman–Crippen LogP) is 0.783. The Morgan fingerprint density at radius 3 is 2.50 bits per heavy atom. The number of carbonyl (C=O) groups excluding carboxylic acids is 1. The molecule has 1 aromatic heterocycles. The van der Waals surface area contributed by atoms with E-state index in [1.54, 1.807) is 37.7 Å². The minimum absolute atomic E-state index is 0.224. The summed E-state index contributed by atoms with van der Waals surface area (Å²) in [6, 6.07) is 0. The Morgan fingerprint density at radius 2 is 2.11 bits per heavy atom. The first-order valence-electron chi connectivity index (χ1n) is 5.70. The van der Waals surface area contributed by atoms with Crippen molar-refractivity contribution >= 4 is 11.9 Å². The van der Waals surface area contributed by atoms with Crippen LogP contribution in [-0.2, 0) is 23.2 Å². The minimum Gasteiger partial charge on any atom is -0.481 e. The molecule has 0 radical (unpaired) electrons. The van der Waals surface area contributed by atoms with Gasteiger partial charge in [-0.05, 0) is 5.41 Å². The topological polar surface area (TPSA) is 84.2 Å². The second-order valence-corrected chi connectivity index (χ2v) is 5.31. The summed E-state index contributed by atoms with van der Waals surface area (Å²) in [4.78, 5) is 27.1. The molecule has 1 atom stereocenters. The van der Waals surface area contributed by atoms with Gasteiger partial charge in [0.25, 0.3) is 0 Å².